The van der Waals surface area contributed by atoms with Crippen LogP contribution in [0.25, 0.3) is 32.6 Å². The van der Waals surface area contributed by atoms with Gasteiger partial charge in [0, 0.05) is 10.8 Å². The van der Waals surface area contributed by atoms with Crippen LogP contribution < -0.4 is 0 Å². The number of rotatable bonds is 4. The van der Waals surface area contributed by atoms with Gasteiger partial charge in [0.25, 0.3) is 0 Å². The van der Waals surface area contributed by atoms with E-state index in [1.165, 1.54) is 21.2 Å². The van der Waals surface area contributed by atoms with Gasteiger partial charge in [0.1, 0.15) is 5.58 Å². The molecule has 0 unspecified atom stereocenters. The van der Waals surface area contributed by atoms with Crippen LogP contribution in [0.1, 0.15) is 16.8 Å². The molecular formula is C19H15N5OS. The molecule has 5 aromatic rings. The van der Waals surface area contributed by atoms with Gasteiger partial charge in [0.15, 0.2) is 5.76 Å². The van der Waals surface area contributed by atoms with Gasteiger partial charge in [-0.05, 0) is 71.9 Å². The third kappa shape index (κ3) is 2.66. The molecule has 0 aliphatic rings. The van der Waals surface area contributed by atoms with E-state index in [0.29, 0.717) is 11.6 Å². The van der Waals surface area contributed by atoms with Crippen LogP contribution in [0.3, 0.4) is 0 Å². The predicted octanol–water partition coefficient (Wildman–Crippen LogP) is 4.32. The maximum absolute atomic E-state index is 5.88. The number of hydrogen-bond acceptors (Lipinski definition) is 6. The average molecular weight is 361 g/mol. The smallest absolute Gasteiger partial charge is 0.239 e. The van der Waals surface area contributed by atoms with Crippen molar-refractivity contribution in [3.05, 3.63) is 59.3 Å². The maximum Gasteiger partial charge on any atom is 0.239 e. The number of hydrogen-bond donors (Lipinski definition) is 1. The number of nitrogens with zero attached hydrogens (tertiary/aromatic N) is 4. The summed E-state index contributed by atoms with van der Waals surface area (Å²) in [5.74, 6) is 1.09. The number of aromatic nitrogens is 5. The highest BCUT2D eigenvalue weighted by molar-refractivity contribution is 7.13. The highest BCUT2D eigenvalue weighted by Crippen LogP contribution is 2.27. The molecule has 7 heteroatoms. The van der Waals surface area contributed by atoms with E-state index in [2.05, 4.69) is 68.3 Å². The monoisotopic (exact) mass is 361 g/mol. The van der Waals surface area contributed by atoms with Crippen LogP contribution in [-0.4, -0.2) is 25.0 Å². The molecule has 0 radical (unpaired) electrons. The number of aryl methyl sites for hydroxylation is 3. The van der Waals surface area contributed by atoms with Crippen molar-refractivity contribution in [3.8, 4) is 11.6 Å². The maximum atomic E-state index is 5.88. The minimum Gasteiger partial charge on any atom is -0.453 e. The van der Waals surface area contributed by atoms with Gasteiger partial charge in [-0.25, -0.2) is 0 Å². The first-order valence-electron chi connectivity index (χ1n) is 8.37. The van der Waals surface area contributed by atoms with Crippen LogP contribution in [0.2, 0.25) is 0 Å². The zero-order valence-corrected chi connectivity index (χ0v) is 14.9. The van der Waals surface area contributed by atoms with E-state index < -0.39 is 0 Å². The lowest BCUT2D eigenvalue weighted by Gasteiger charge is -2.03. The standard InChI is InChI=1S/C19H15N5OS/c1-11-15-8-12(5-7-18(15)26-22-11)2-3-13-4-6-14-10-17(25-16(14)9-13)19-20-23-24-21-19/h4-10H,2-3H2,1H3,(H,20,21,23,24). The lowest BCUT2D eigenvalue weighted by Crippen LogP contribution is -1.91. The molecule has 0 aliphatic heterocycles. The van der Waals surface area contributed by atoms with Crippen molar-refractivity contribution in [1.29, 1.82) is 0 Å². The number of tetrazole rings is 1. The van der Waals surface area contributed by atoms with Gasteiger partial charge >= 0.3 is 0 Å². The average Bonchev–Trinajstić information content (AvgIpc) is 3.39. The molecule has 26 heavy (non-hydrogen) atoms. The van der Waals surface area contributed by atoms with Gasteiger partial charge < -0.3 is 4.42 Å². The zero-order chi connectivity index (χ0) is 17.5. The molecule has 0 amide bonds. The lowest BCUT2D eigenvalue weighted by molar-refractivity contribution is 0.625. The summed E-state index contributed by atoms with van der Waals surface area (Å²) in [6.07, 6.45) is 1.94. The van der Waals surface area contributed by atoms with Crippen molar-refractivity contribution < 1.29 is 4.42 Å². The molecule has 6 nitrogen and oxygen atoms in total. The number of benzene rings is 2. The second-order valence-electron chi connectivity index (χ2n) is 6.32. The summed E-state index contributed by atoms with van der Waals surface area (Å²) in [5.41, 5.74) is 4.52. The van der Waals surface area contributed by atoms with E-state index in [4.69, 9.17) is 4.42 Å². The van der Waals surface area contributed by atoms with Crippen LogP contribution in [-0.2, 0) is 12.8 Å². The minimum atomic E-state index is 0.468. The van der Waals surface area contributed by atoms with Gasteiger partial charge in [0.05, 0.1) is 10.4 Å². The zero-order valence-electron chi connectivity index (χ0n) is 14.1. The second kappa shape index (κ2) is 6.03. The van der Waals surface area contributed by atoms with Crippen molar-refractivity contribution in [2.45, 2.75) is 19.8 Å². The molecule has 0 saturated heterocycles. The lowest BCUT2D eigenvalue weighted by atomic mass is 10.0. The Labute approximate surface area is 153 Å². The summed E-state index contributed by atoms with van der Waals surface area (Å²) < 4.78 is 11.5. The van der Waals surface area contributed by atoms with Crippen LogP contribution in [0.4, 0.5) is 0 Å². The van der Waals surface area contributed by atoms with Crippen molar-refractivity contribution >= 4 is 32.6 Å². The number of furan rings is 1. The molecule has 1 N–H and O–H groups in total. The fourth-order valence-corrected chi connectivity index (χ4v) is 3.93. The molecule has 0 fully saturated rings. The van der Waals surface area contributed by atoms with E-state index in [-0.39, 0.29) is 0 Å². The first-order valence-corrected chi connectivity index (χ1v) is 9.15. The molecule has 0 saturated carbocycles. The number of fused-ring (bicyclic) bond motifs is 2. The molecule has 5 rings (SSSR count). The van der Waals surface area contributed by atoms with Gasteiger partial charge in [-0.1, -0.05) is 18.2 Å². The molecule has 3 aromatic heterocycles. The summed E-state index contributed by atoms with van der Waals surface area (Å²) in [6.45, 7) is 2.06. The topological polar surface area (TPSA) is 80.5 Å². The molecule has 2 aromatic carbocycles. The normalized spacial score (nSPS) is 11.6. The molecule has 0 atom stereocenters. The Morgan fingerprint density at radius 1 is 1.04 bits per heavy atom. The first-order chi connectivity index (χ1) is 12.8. The van der Waals surface area contributed by atoms with Gasteiger partial charge in [-0.2, -0.15) is 9.59 Å². The Morgan fingerprint density at radius 2 is 1.88 bits per heavy atom. The van der Waals surface area contributed by atoms with Crippen molar-refractivity contribution in [3.63, 3.8) is 0 Å². The van der Waals surface area contributed by atoms with Crippen molar-refractivity contribution in [2.75, 3.05) is 0 Å². The first kappa shape index (κ1) is 15.2. The van der Waals surface area contributed by atoms with Crippen molar-refractivity contribution in [2.24, 2.45) is 0 Å². The van der Waals surface area contributed by atoms with E-state index in [1.807, 2.05) is 6.07 Å². The summed E-state index contributed by atoms with van der Waals surface area (Å²) in [6, 6.07) is 14.9. The number of H-pyrrole nitrogens is 1. The molecule has 0 aliphatic carbocycles. The summed E-state index contributed by atoms with van der Waals surface area (Å²) in [5, 5.41) is 16.2. The quantitative estimate of drug-likeness (QED) is 0.516. The molecule has 128 valence electrons. The Balaban J connectivity index is 1.39. The SMILES string of the molecule is Cc1nsc2ccc(CCc3ccc4cc(-c5nn[nH]n5)oc4c3)cc12. The Bertz CT molecular complexity index is 1210. The fourth-order valence-electron chi connectivity index (χ4n) is 3.16. The Morgan fingerprint density at radius 3 is 2.73 bits per heavy atom. The fraction of sp³-hybridized carbons (Fsp3) is 0.158. The van der Waals surface area contributed by atoms with Gasteiger partial charge in [0.2, 0.25) is 5.82 Å². The van der Waals surface area contributed by atoms with Crippen LogP contribution in [0.15, 0.2) is 46.9 Å². The van der Waals surface area contributed by atoms with Gasteiger partial charge in [-0.15, -0.1) is 10.2 Å². The highest BCUT2D eigenvalue weighted by Gasteiger charge is 2.11. The number of nitrogens with one attached hydrogen (secondary N) is 1. The van der Waals surface area contributed by atoms with E-state index in [0.717, 1.165) is 29.5 Å². The molecule has 0 bridgehead atoms. The second-order valence-corrected chi connectivity index (χ2v) is 7.12. The van der Waals surface area contributed by atoms with Crippen LogP contribution >= 0.6 is 11.5 Å². The summed E-state index contributed by atoms with van der Waals surface area (Å²) in [4.78, 5) is 0. The molecule has 0 spiro atoms. The third-order valence-corrected chi connectivity index (χ3v) is 5.49. The Kier molecular flexibility index (Phi) is 3.53. The molecular weight excluding hydrogens is 346 g/mol. The highest BCUT2D eigenvalue weighted by atomic mass is 32.1. The van der Waals surface area contributed by atoms with Gasteiger partial charge in [-0.3, -0.25) is 0 Å². The Hall–Kier alpha value is -3.06. The van der Waals surface area contributed by atoms with Crippen molar-refractivity contribution in [1.82, 2.24) is 25.0 Å². The van der Waals surface area contributed by atoms with Crippen LogP contribution in [0, 0.1) is 6.92 Å². The number of aromatic amines is 1. The van der Waals surface area contributed by atoms with Crippen LogP contribution in [0.5, 0.6) is 0 Å². The van der Waals surface area contributed by atoms with E-state index >= 15 is 0 Å². The third-order valence-electron chi connectivity index (χ3n) is 4.57. The summed E-state index contributed by atoms with van der Waals surface area (Å²) >= 11 is 1.56. The largest absolute Gasteiger partial charge is 0.453 e. The molecule has 3 heterocycles. The summed E-state index contributed by atoms with van der Waals surface area (Å²) in [7, 11) is 0. The predicted molar refractivity (Wildman–Crippen MR) is 101 cm³/mol. The van der Waals surface area contributed by atoms with E-state index in [9.17, 15) is 0 Å². The van der Waals surface area contributed by atoms with E-state index in [1.54, 1.807) is 11.5 Å². The minimum absolute atomic E-state index is 0.468.